The molecule has 7 heteroatoms. The number of imide groups is 1. The molecular formula is C15H22N4O2S. The van der Waals surface area contributed by atoms with Gasteiger partial charge in [-0.1, -0.05) is 44.9 Å². The number of nitrogens with one attached hydrogen (secondary N) is 1. The molecule has 1 spiro atoms. The number of nitrogens with zero attached hydrogens (tertiary/aromatic N) is 3. The molecule has 0 bridgehead atoms. The van der Waals surface area contributed by atoms with Crippen LogP contribution in [0.3, 0.4) is 0 Å². The zero-order chi connectivity index (χ0) is 15.9. The Labute approximate surface area is 134 Å². The third-order valence-corrected chi connectivity index (χ3v) is 5.72. The third kappa shape index (κ3) is 2.62. The van der Waals surface area contributed by atoms with Gasteiger partial charge < -0.3 is 5.32 Å². The first kappa shape index (κ1) is 15.4. The summed E-state index contributed by atoms with van der Waals surface area (Å²) in [6.07, 6.45) is 3.59. The van der Waals surface area contributed by atoms with Gasteiger partial charge in [-0.3, -0.25) is 9.69 Å². The quantitative estimate of drug-likeness (QED) is 0.868. The van der Waals surface area contributed by atoms with Crippen molar-refractivity contribution in [3.05, 3.63) is 10.0 Å². The van der Waals surface area contributed by atoms with Gasteiger partial charge in [-0.05, 0) is 18.8 Å². The van der Waals surface area contributed by atoms with Crippen molar-refractivity contribution < 1.29 is 9.59 Å². The Bertz CT molecular complexity index is 600. The fraction of sp³-hybridized carbons (Fsp3) is 0.733. The van der Waals surface area contributed by atoms with Crippen molar-refractivity contribution in [1.82, 2.24) is 20.4 Å². The van der Waals surface area contributed by atoms with E-state index in [9.17, 15) is 9.59 Å². The second-order valence-corrected chi connectivity index (χ2v) is 7.89. The van der Waals surface area contributed by atoms with Crippen LogP contribution in [-0.4, -0.2) is 32.6 Å². The highest BCUT2D eigenvalue weighted by atomic mass is 32.1. The summed E-state index contributed by atoms with van der Waals surface area (Å²) in [5.74, 6) is 0.678. The average Bonchev–Trinajstić information content (AvgIpc) is 2.99. The molecular weight excluding hydrogens is 300 g/mol. The molecule has 0 aromatic carbocycles. The van der Waals surface area contributed by atoms with Crippen molar-refractivity contribution in [3.8, 4) is 0 Å². The predicted molar refractivity (Wildman–Crippen MR) is 83.4 cm³/mol. The summed E-state index contributed by atoms with van der Waals surface area (Å²) in [6.45, 7) is 6.47. The van der Waals surface area contributed by atoms with Crippen molar-refractivity contribution in [1.29, 1.82) is 0 Å². The van der Waals surface area contributed by atoms with Gasteiger partial charge in [0, 0.05) is 5.92 Å². The normalized spacial score (nSPS) is 28.7. The topological polar surface area (TPSA) is 75.2 Å². The molecule has 22 heavy (non-hydrogen) atoms. The Kier molecular flexibility index (Phi) is 3.92. The molecule has 0 unspecified atom stereocenters. The van der Waals surface area contributed by atoms with Crippen molar-refractivity contribution in [3.63, 3.8) is 0 Å². The van der Waals surface area contributed by atoms with Gasteiger partial charge in [0.25, 0.3) is 5.91 Å². The maximum atomic E-state index is 12.8. The van der Waals surface area contributed by atoms with Gasteiger partial charge in [-0.2, -0.15) is 0 Å². The summed E-state index contributed by atoms with van der Waals surface area (Å²) in [5, 5.41) is 12.8. The van der Waals surface area contributed by atoms with E-state index in [1.165, 1.54) is 16.2 Å². The maximum absolute atomic E-state index is 12.8. The largest absolute Gasteiger partial charge is 0.325 e. The molecule has 1 aliphatic heterocycles. The van der Waals surface area contributed by atoms with Gasteiger partial charge in [0.15, 0.2) is 0 Å². The summed E-state index contributed by atoms with van der Waals surface area (Å²) < 4.78 is 0. The zero-order valence-corrected chi connectivity index (χ0v) is 14.1. The molecule has 1 aromatic heterocycles. The van der Waals surface area contributed by atoms with Crippen LogP contribution in [0.15, 0.2) is 0 Å². The van der Waals surface area contributed by atoms with E-state index in [1.807, 2.05) is 0 Å². The Morgan fingerprint density at radius 2 is 2.18 bits per heavy atom. The number of hydrogen-bond donors (Lipinski definition) is 1. The molecule has 2 fully saturated rings. The summed E-state index contributed by atoms with van der Waals surface area (Å²) in [7, 11) is 0. The molecule has 3 rings (SSSR count). The van der Waals surface area contributed by atoms with Gasteiger partial charge in [0.05, 0.1) is 6.54 Å². The first-order chi connectivity index (χ1) is 10.4. The van der Waals surface area contributed by atoms with E-state index in [2.05, 4.69) is 36.3 Å². The van der Waals surface area contributed by atoms with Gasteiger partial charge in [0.1, 0.15) is 15.6 Å². The molecule has 2 heterocycles. The lowest BCUT2D eigenvalue weighted by molar-refractivity contribution is -0.133. The standard InChI is InChI=1S/C15H22N4O2S/c1-9(2)12-18-17-11(22-12)8-19-13(20)15(16-14(19)21)6-4-5-10(3)7-15/h9-10H,4-8H2,1-3H3,(H,16,21)/t10-,15-/m0/s1. The fourth-order valence-electron chi connectivity index (χ4n) is 3.38. The Hall–Kier alpha value is -1.50. The van der Waals surface area contributed by atoms with Gasteiger partial charge in [0.2, 0.25) is 0 Å². The number of aromatic nitrogens is 2. The van der Waals surface area contributed by atoms with Gasteiger partial charge in [-0.25, -0.2) is 4.79 Å². The first-order valence-electron chi connectivity index (χ1n) is 7.88. The molecule has 1 aliphatic carbocycles. The molecule has 1 saturated heterocycles. The van der Waals surface area contributed by atoms with Crippen LogP contribution in [-0.2, 0) is 11.3 Å². The smallest absolute Gasteiger partial charge is 0.323 e. The molecule has 2 aliphatic rings. The van der Waals surface area contributed by atoms with E-state index in [4.69, 9.17) is 0 Å². The molecule has 1 N–H and O–H groups in total. The van der Waals surface area contributed by atoms with Crippen LogP contribution >= 0.6 is 11.3 Å². The Balaban J connectivity index is 1.76. The summed E-state index contributed by atoms with van der Waals surface area (Å²) in [4.78, 5) is 26.4. The predicted octanol–water partition coefficient (Wildman–Crippen LogP) is 2.66. The lowest BCUT2D eigenvalue weighted by atomic mass is 9.76. The van der Waals surface area contributed by atoms with Crippen LogP contribution in [0, 0.1) is 5.92 Å². The number of carbonyl (C=O) groups excluding carboxylic acids is 2. The second-order valence-electron chi connectivity index (χ2n) is 6.79. The SMILES string of the molecule is CC(C)c1nnc(CN2C(=O)N[C@]3(CCC[C@H](C)C3)C2=O)s1. The van der Waals surface area contributed by atoms with E-state index in [0.29, 0.717) is 16.8 Å². The number of hydrogen-bond acceptors (Lipinski definition) is 5. The van der Waals surface area contributed by atoms with E-state index >= 15 is 0 Å². The first-order valence-corrected chi connectivity index (χ1v) is 8.69. The molecule has 6 nitrogen and oxygen atoms in total. The monoisotopic (exact) mass is 322 g/mol. The van der Waals surface area contributed by atoms with E-state index in [1.54, 1.807) is 0 Å². The molecule has 120 valence electrons. The number of urea groups is 1. The van der Waals surface area contributed by atoms with Crippen LogP contribution < -0.4 is 5.32 Å². The minimum absolute atomic E-state index is 0.0923. The molecule has 1 saturated carbocycles. The van der Waals surface area contributed by atoms with Crippen LogP contribution in [0.5, 0.6) is 0 Å². The maximum Gasteiger partial charge on any atom is 0.325 e. The highest BCUT2D eigenvalue weighted by Gasteiger charge is 2.52. The highest BCUT2D eigenvalue weighted by Crippen LogP contribution is 2.37. The van der Waals surface area contributed by atoms with Crippen molar-refractivity contribution in [2.45, 2.75) is 64.5 Å². The second kappa shape index (κ2) is 5.61. The lowest BCUT2D eigenvalue weighted by Crippen LogP contribution is -2.50. The highest BCUT2D eigenvalue weighted by molar-refractivity contribution is 7.11. The zero-order valence-electron chi connectivity index (χ0n) is 13.3. The fourth-order valence-corrected chi connectivity index (χ4v) is 4.21. The molecule has 3 amide bonds. The van der Waals surface area contributed by atoms with E-state index in [0.717, 1.165) is 30.7 Å². The number of carbonyl (C=O) groups is 2. The summed E-state index contributed by atoms with van der Waals surface area (Å²) in [5.41, 5.74) is -0.680. The molecule has 2 atom stereocenters. The summed E-state index contributed by atoms with van der Waals surface area (Å²) in [6, 6.07) is -0.291. The van der Waals surface area contributed by atoms with E-state index in [-0.39, 0.29) is 18.5 Å². The van der Waals surface area contributed by atoms with E-state index < -0.39 is 5.54 Å². The Morgan fingerprint density at radius 1 is 1.41 bits per heavy atom. The van der Waals surface area contributed by atoms with Crippen molar-refractivity contribution in [2.24, 2.45) is 5.92 Å². The van der Waals surface area contributed by atoms with Crippen molar-refractivity contribution in [2.75, 3.05) is 0 Å². The molecule has 1 aromatic rings. The average molecular weight is 322 g/mol. The summed E-state index contributed by atoms with van der Waals surface area (Å²) >= 11 is 1.47. The van der Waals surface area contributed by atoms with Crippen LogP contribution in [0.4, 0.5) is 4.79 Å². The third-order valence-electron chi connectivity index (χ3n) is 4.51. The minimum Gasteiger partial charge on any atom is -0.323 e. The minimum atomic E-state index is -0.680. The number of amides is 3. The lowest BCUT2D eigenvalue weighted by Gasteiger charge is -2.34. The van der Waals surface area contributed by atoms with Gasteiger partial charge in [-0.15, -0.1) is 10.2 Å². The van der Waals surface area contributed by atoms with Crippen LogP contribution in [0.2, 0.25) is 0 Å². The van der Waals surface area contributed by atoms with Gasteiger partial charge >= 0.3 is 6.03 Å². The van der Waals surface area contributed by atoms with Crippen LogP contribution in [0.1, 0.15) is 62.4 Å². The molecule has 0 radical (unpaired) electrons. The Morgan fingerprint density at radius 3 is 2.82 bits per heavy atom. The number of rotatable bonds is 3. The van der Waals surface area contributed by atoms with Crippen molar-refractivity contribution >= 4 is 23.3 Å². The van der Waals surface area contributed by atoms with Crippen LogP contribution in [0.25, 0.3) is 0 Å².